The molecule has 0 atom stereocenters. The number of amides is 1. The number of hydrogen-bond donors (Lipinski definition) is 1. The van der Waals surface area contributed by atoms with Crippen LogP contribution < -0.4 is 15.0 Å². The van der Waals surface area contributed by atoms with E-state index in [1.807, 2.05) is 55.6 Å². The Hall–Kier alpha value is -2.69. The summed E-state index contributed by atoms with van der Waals surface area (Å²) in [6.07, 6.45) is -0.469. The zero-order valence-electron chi connectivity index (χ0n) is 12.4. The van der Waals surface area contributed by atoms with Crippen molar-refractivity contribution in [2.75, 3.05) is 30.4 Å². The van der Waals surface area contributed by atoms with Gasteiger partial charge < -0.3 is 14.4 Å². The second-order valence-electron chi connectivity index (χ2n) is 5.14. The molecule has 0 bridgehead atoms. The predicted molar refractivity (Wildman–Crippen MR) is 85.5 cm³/mol. The number of carbonyl (C=O) groups excluding carboxylic acids is 1. The van der Waals surface area contributed by atoms with Crippen LogP contribution in [0.3, 0.4) is 0 Å². The molecule has 1 amide bonds. The third-order valence-electron chi connectivity index (χ3n) is 3.51. The zero-order valence-corrected chi connectivity index (χ0v) is 12.4. The van der Waals surface area contributed by atoms with E-state index in [4.69, 9.17) is 9.47 Å². The first kappa shape index (κ1) is 14.3. The minimum absolute atomic E-state index is 0.251. The molecule has 5 nitrogen and oxygen atoms in total. The molecule has 3 rings (SSSR count). The minimum Gasteiger partial charge on any atom is -0.490 e. The Balaban J connectivity index is 1.61. The van der Waals surface area contributed by atoms with Gasteiger partial charge in [-0.05, 0) is 23.8 Å². The second kappa shape index (κ2) is 6.39. The molecule has 1 aliphatic rings. The van der Waals surface area contributed by atoms with Crippen molar-refractivity contribution in [3.63, 3.8) is 0 Å². The van der Waals surface area contributed by atoms with Gasteiger partial charge in [-0.1, -0.05) is 30.3 Å². The highest BCUT2D eigenvalue weighted by Crippen LogP contribution is 2.33. The molecule has 1 heterocycles. The molecule has 114 valence electrons. The molecule has 5 heteroatoms. The molecule has 0 saturated carbocycles. The van der Waals surface area contributed by atoms with Crippen molar-refractivity contribution in [2.45, 2.75) is 6.61 Å². The van der Waals surface area contributed by atoms with Crippen molar-refractivity contribution < 1.29 is 14.3 Å². The fourth-order valence-corrected chi connectivity index (χ4v) is 2.31. The SMILES string of the molecule is CN1CCOc2ccc(NC(=O)OCc3ccccc3)cc21. The third-order valence-corrected chi connectivity index (χ3v) is 3.51. The summed E-state index contributed by atoms with van der Waals surface area (Å²) >= 11 is 0. The molecular weight excluding hydrogens is 280 g/mol. The average Bonchev–Trinajstić information content (AvgIpc) is 2.55. The number of nitrogens with one attached hydrogen (secondary N) is 1. The van der Waals surface area contributed by atoms with Crippen molar-refractivity contribution in [3.8, 4) is 5.75 Å². The van der Waals surface area contributed by atoms with Crippen LogP contribution in [-0.4, -0.2) is 26.3 Å². The first-order valence-electron chi connectivity index (χ1n) is 7.18. The van der Waals surface area contributed by atoms with Gasteiger partial charge in [0, 0.05) is 12.7 Å². The highest BCUT2D eigenvalue weighted by Gasteiger charge is 2.15. The molecule has 0 fully saturated rings. The van der Waals surface area contributed by atoms with Gasteiger partial charge in [-0.25, -0.2) is 4.79 Å². The van der Waals surface area contributed by atoms with Crippen LogP contribution in [0.1, 0.15) is 5.56 Å². The maximum atomic E-state index is 11.9. The van der Waals surface area contributed by atoms with Crippen LogP contribution >= 0.6 is 0 Å². The second-order valence-corrected chi connectivity index (χ2v) is 5.14. The van der Waals surface area contributed by atoms with Gasteiger partial charge in [0.1, 0.15) is 19.0 Å². The summed E-state index contributed by atoms with van der Waals surface area (Å²) in [7, 11) is 2.00. The molecule has 0 aliphatic carbocycles. The van der Waals surface area contributed by atoms with E-state index < -0.39 is 6.09 Å². The highest BCUT2D eigenvalue weighted by atomic mass is 16.5. The first-order chi connectivity index (χ1) is 10.7. The Bertz CT molecular complexity index is 658. The number of carbonyl (C=O) groups is 1. The number of anilines is 2. The van der Waals surface area contributed by atoms with Crippen molar-refractivity contribution in [2.24, 2.45) is 0 Å². The standard InChI is InChI=1S/C17H18N2O3/c1-19-9-10-21-16-8-7-14(11-15(16)19)18-17(20)22-12-13-5-3-2-4-6-13/h2-8,11H,9-10,12H2,1H3,(H,18,20). The van der Waals surface area contributed by atoms with Crippen LogP contribution in [0.2, 0.25) is 0 Å². The Morgan fingerprint density at radius 2 is 2.09 bits per heavy atom. The van der Waals surface area contributed by atoms with E-state index in [0.29, 0.717) is 12.3 Å². The number of hydrogen-bond acceptors (Lipinski definition) is 4. The Kier molecular flexibility index (Phi) is 4.14. The van der Waals surface area contributed by atoms with Crippen molar-refractivity contribution in [1.29, 1.82) is 0 Å². The molecular formula is C17H18N2O3. The van der Waals surface area contributed by atoms with Crippen molar-refractivity contribution >= 4 is 17.5 Å². The number of benzene rings is 2. The van der Waals surface area contributed by atoms with Crippen molar-refractivity contribution in [1.82, 2.24) is 0 Å². The van der Waals surface area contributed by atoms with Crippen LogP contribution in [-0.2, 0) is 11.3 Å². The molecule has 2 aromatic rings. The van der Waals surface area contributed by atoms with Gasteiger partial charge in [0.05, 0.1) is 12.2 Å². The Morgan fingerprint density at radius 1 is 1.27 bits per heavy atom. The van der Waals surface area contributed by atoms with Crippen LogP contribution in [0.4, 0.5) is 16.2 Å². The molecule has 0 spiro atoms. The summed E-state index contributed by atoms with van der Waals surface area (Å²) in [4.78, 5) is 14.0. The van der Waals surface area contributed by atoms with Gasteiger partial charge >= 0.3 is 6.09 Å². The van der Waals surface area contributed by atoms with E-state index in [2.05, 4.69) is 10.2 Å². The number of fused-ring (bicyclic) bond motifs is 1. The van der Waals surface area contributed by atoms with Gasteiger partial charge in [-0.15, -0.1) is 0 Å². The molecule has 22 heavy (non-hydrogen) atoms. The Labute approximate surface area is 129 Å². The molecule has 0 unspecified atom stereocenters. The topological polar surface area (TPSA) is 50.8 Å². The van der Waals surface area contributed by atoms with E-state index in [0.717, 1.165) is 23.5 Å². The number of nitrogens with zero attached hydrogens (tertiary/aromatic N) is 1. The summed E-state index contributed by atoms with van der Waals surface area (Å²) in [5, 5.41) is 2.74. The molecule has 0 radical (unpaired) electrons. The summed E-state index contributed by atoms with van der Waals surface area (Å²) in [5.41, 5.74) is 2.61. The van der Waals surface area contributed by atoms with E-state index >= 15 is 0 Å². The summed E-state index contributed by atoms with van der Waals surface area (Å²) < 4.78 is 10.8. The quantitative estimate of drug-likeness (QED) is 0.945. The number of rotatable bonds is 3. The summed E-state index contributed by atoms with van der Waals surface area (Å²) in [5.74, 6) is 0.831. The normalized spacial score (nSPS) is 13.0. The number of likely N-dealkylation sites (N-methyl/N-ethyl adjacent to an activating group) is 1. The average molecular weight is 298 g/mol. The van der Waals surface area contributed by atoms with Crippen LogP contribution in [0.15, 0.2) is 48.5 Å². The van der Waals surface area contributed by atoms with Gasteiger partial charge in [0.15, 0.2) is 0 Å². The fraction of sp³-hybridized carbons (Fsp3) is 0.235. The molecule has 2 aromatic carbocycles. The maximum absolute atomic E-state index is 11.9. The van der Waals surface area contributed by atoms with Crippen LogP contribution in [0.5, 0.6) is 5.75 Å². The lowest BCUT2D eigenvalue weighted by Gasteiger charge is -2.28. The highest BCUT2D eigenvalue weighted by molar-refractivity contribution is 5.86. The summed E-state index contributed by atoms with van der Waals surface area (Å²) in [6, 6.07) is 15.1. The van der Waals surface area contributed by atoms with Gasteiger partial charge in [0.2, 0.25) is 0 Å². The molecule has 0 saturated heterocycles. The third kappa shape index (κ3) is 3.31. The van der Waals surface area contributed by atoms with Gasteiger partial charge in [-0.3, -0.25) is 5.32 Å². The maximum Gasteiger partial charge on any atom is 0.411 e. The lowest BCUT2D eigenvalue weighted by molar-refractivity contribution is 0.155. The Morgan fingerprint density at radius 3 is 2.91 bits per heavy atom. The monoisotopic (exact) mass is 298 g/mol. The summed E-state index contributed by atoms with van der Waals surface area (Å²) in [6.45, 7) is 1.75. The minimum atomic E-state index is -0.469. The van der Waals surface area contributed by atoms with E-state index in [1.54, 1.807) is 0 Å². The lowest BCUT2D eigenvalue weighted by atomic mass is 10.2. The predicted octanol–water partition coefficient (Wildman–Crippen LogP) is 3.26. The number of ether oxygens (including phenoxy) is 2. The smallest absolute Gasteiger partial charge is 0.411 e. The molecule has 0 aromatic heterocycles. The molecule has 1 aliphatic heterocycles. The van der Waals surface area contributed by atoms with Gasteiger partial charge in [-0.2, -0.15) is 0 Å². The van der Waals surface area contributed by atoms with Crippen molar-refractivity contribution in [3.05, 3.63) is 54.1 Å². The van der Waals surface area contributed by atoms with E-state index in [1.165, 1.54) is 0 Å². The van der Waals surface area contributed by atoms with E-state index in [9.17, 15) is 4.79 Å². The van der Waals surface area contributed by atoms with Crippen LogP contribution in [0, 0.1) is 0 Å². The lowest BCUT2D eigenvalue weighted by Crippen LogP contribution is -2.28. The largest absolute Gasteiger partial charge is 0.490 e. The molecule has 1 N–H and O–H groups in total. The van der Waals surface area contributed by atoms with Gasteiger partial charge in [0.25, 0.3) is 0 Å². The first-order valence-corrected chi connectivity index (χ1v) is 7.18. The van der Waals surface area contributed by atoms with Crippen LogP contribution in [0.25, 0.3) is 0 Å². The zero-order chi connectivity index (χ0) is 15.4. The fourth-order valence-electron chi connectivity index (χ4n) is 2.31. The van der Waals surface area contributed by atoms with E-state index in [-0.39, 0.29) is 6.61 Å².